The van der Waals surface area contributed by atoms with Crippen LogP contribution in [0.5, 0.6) is 5.75 Å². The van der Waals surface area contributed by atoms with E-state index in [1.807, 2.05) is 49.3 Å². The maximum Gasteiger partial charge on any atom is 0.258 e. The smallest absolute Gasteiger partial charge is 0.258 e. The van der Waals surface area contributed by atoms with Crippen molar-refractivity contribution in [3.05, 3.63) is 36.7 Å². The van der Waals surface area contributed by atoms with Crippen molar-refractivity contribution in [2.24, 2.45) is 0 Å². The summed E-state index contributed by atoms with van der Waals surface area (Å²) in [6.07, 6.45) is 2.58. The quantitative estimate of drug-likeness (QED) is 0.397. The molecule has 0 saturated carbocycles. The Morgan fingerprint density at radius 3 is 2.69 bits per heavy atom. The summed E-state index contributed by atoms with van der Waals surface area (Å²) in [7, 11) is 3.78. The average Bonchev–Trinajstić information content (AvgIpc) is 3.20. The van der Waals surface area contributed by atoms with E-state index in [1.165, 1.54) is 11.8 Å². The highest BCUT2D eigenvalue weighted by Crippen LogP contribution is 2.16. The number of hydrogen-bond acceptors (Lipinski definition) is 9. The van der Waals surface area contributed by atoms with Gasteiger partial charge < -0.3 is 15.0 Å². The summed E-state index contributed by atoms with van der Waals surface area (Å²) >= 11 is 1.52. The van der Waals surface area contributed by atoms with Gasteiger partial charge in [-0.3, -0.25) is 0 Å². The number of hydrogen-bond donors (Lipinski definition) is 1. The molecule has 0 aliphatic heterocycles. The van der Waals surface area contributed by atoms with E-state index in [2.05, 4.69) is 44.2 Å². The molecule has 1 N–H and O–H groups in total. The predicted octanol–water partition coefficient (Wildman–Crippen LogP) is 2.90. The maximum atomic E-state index is 5.69. The second kappa shape index (κ2) is 10.1. The monoisotopic (exact) mass is 414 g/mol. The minimum atomic E-state index is 0.256. The van der Waals surface area contributed by atoms with Crippen LogP contribution in [0.2, 0.25) is 0 Å². The molecule has 10 heteroatoms. The van der Waals surface area contributed by atoms with Gasteiger partial charge in [-0.15, -0.1) is 5.10 Å². The Balaban J connectivity index is 1.65. The van der Waals surface area contributed by atoms with Crippen LogP contribution in [0.1, 0.15) is 20.3 Å². The summed E-state index contributed by atoms with van der Waals surface area (Å²) < 4.78 is 7.26. The Hall–Kier alpha value is -2.88. The molecule has 0 bridgehead atoms. The van der Waals surface area contributed by atoms with Gasteiger partial charge in [-0.2, -0.15) is 19.6 Å². The first-order chi connectivity index (χ1) is 14.0. The van der Waals surface area contributed by atoms with Gasteiger partial charge in [0.2, 0.25) is 17.1 Å². The SMILES string of the molecule is CC[C@H](C)Nc1nc(N(C)C)nc(-n2cnc(SCCOc3ccccc3)n2)n1. The molecule has 0 amide bonds. The third kappa shape index (κ3) is 6.05. The van der Waals surface area contributed by atoms with Crippen molar-refractivity contribution >= 4 is 23.7 Å². The van der Waals surface area contributed by atoms with Crippen LogP contribution in [0.25, 0.3) is 5.95 Å². The molecule has 2 heterocycles. The van der Waals surface area contributed by atoms with Crippen molar-refractivity contribution in [2.45, 2.75) is 31.5 Å². The number of rotatable bonds is 10. The van der Waals surface area contributed by atoms with Crippen LogP contribution >= 0.6 is 11.8 Å². The van der Waals surface area contributed by atoms with Gasteiger partial charge in [-0.25, -0.2) is 4.98 Å². The molecule has 0 aliphatic rings. The van der Waals surface area contributed by atoms with Crippen molar-refractivity contribution in [1.29, 1.82) is 0 Å². The van der Waals surface area contributed by atoms with Crippen LogP contribution in [0.15, 0.2) is 41.8 Å². The Morgan fingerprint density at radius 1 is 1.17 bits per heavy atom. The Labute approximate surface area is 174 Å². The lowest BCUT2D eigenvalue weighted by Gasteiger charge is -2.15. The van der Waals surface area contributed by atoms with E-state index in [0.29, 0.717) is 29.6 Å². The largest absolute Gasteiger partial charge is 0.493 e. The first-order valence-electron chi connectivity index (χ1n) is 9.47. The molecule has 154 valence electrons. The topological polar surface area (TPSA) is 93.9 Å². The molecular weight excluding hydrogens is 388 g/mol. The van der Waals surface area contributed by atoms with Crippen molar-refractivity contribution in [3.8, 4) is 11.7 Å². The third-order valence-electron chi connectivity index (χ3n) is 4.00. The lowest BCUT2D eigenvalue weighted by Crippen LogP contribution is -2.21. The number of ether oxygens (including phenoxy) is 1. The van der Waals surface area contributed by atoms with Crippen molar-refractivity contribution < 1.29 is 4.74 Å². The normalized spacial score (nSPS) is 11.9. The van der Waals surface area contributed by atoms with Crippen molar-refractivity contribution in [1.82, 2.24) is 29.7 Å². The van der Waals surface area contributed by atoms with E-state index in [0.717, 1.165) is 17.9 Å². The van der Waals surface area contributed by atoms with Gasteiger partial charge in [0.05, 0.1) is 6.61 Å². The van der Waals surface area contributed by atoms with Gasteiger partial charge in [-0.05, 0) is 25.5 Å². The first kappa shape index (κ1) is 20.8. The fraction of sp³-hybridized carbons (Fsp3) is 0.421. The van der Waals surface area contributed by atoms with Gasteiger partial charge in [0.25, 0.3) is 5.95 Å². The van der Waals surface area contributed by atoms with Gasteiger partial charge in [-0.1, -0.05) is 36.9 Å². The number of thioether (sulfide) groups is 1. The van der Waals surface area contributed by atoms with E-state index in [4.69, 9.17) is 4.74 Å². The molecule has 0 spiro atoms. The minimum absolute atomic E-state index is 0.256. The third-order valence-corrected chi connectivity index (χ3v) is 4.82. The highest BCUT2D eigenvalue weighted by Gasteiger charge is 2.13. The fourth-order valence-electron chi connectivity index (χ4n) is 2.26. The Bertz CT molecular complexity index is 902. The van der Waals surface area contributed by atoms with Gasteiger partial charge in [0.15, 0.2) is 0 Å². The number of benzene rings is 1. The molecule has 29 heavy (non-hydrogen) atoms. The Kier molecular flexibility index (Phi) is 7.23. The van der Waals surface area contributed by atoms with E-state index < -0.39 is 0 Å². The average molecular weight is 415 g/mol. The molecule has 0 saturated heterocycles. The molecule has 1 aromatic carbocycles. The van der Waals surface area contributed by atoms with Crippen LogP contribution < -0.4 is 15.0 Å². The fourth-order valence-corrected chi connectivity index (χ4v) is 2.88. The van der Waals surface area contributed by atoms with Gasteiger partial charge >= 0.3 is 0 Å². The molecule has 2 aromatic heterocycles. The zero-order chi connectivity index (χ0) is 20.6. The van der Waals surface area contributed by atoms with Crippen LogP contribution in [0.3, 0.4) is 0 Å². The first-order valence-corrected chi connectivity index (χ1v) is 10.5. The number of aromatic nitrogens is 6. The van der Waals surface area contributed by atoms with Crippen LogP contribution in [-0.4, -0.2) is 62.2 Å². The molecule has 0 aliphatic carbocycles. The molecule has 0 radical (unpaired) electrons. The number of para-hydroxylation sites is 1. The van der Waals surface area contributed by atoms with Gasteiger partial charge in [0.1, 0.15) is 12.1 Å². The summed E-state index contributed by atoms with van der Waals surface area (Å²) in [6, 6.07) is 9.99. The molecule has 0 unspecified atom stereocenters. The predicted molar refractivity (Wildman–Crippen MR) is 115 cm³/mol. The van der Waals surface area contributed by atoms with Crippen LogP contribution in [-0.2, 0) is 0 Å². The van der Waals surface area contributed by atoms with Crippen LogP contribution in [0, 0.1) is 0 Å². The standard InChI is InChI=1S/C19H26N8OS/c1-5-14(2)21-16-22-17(26(3)4)24-18(23-16)27-13-20-19(25-27)29-12-11-28-15-9-7-6-8-10-15/h6-10,13-14H,5,11-12H2,1-4H3,(H,21,22,23,24)/t14-/m0/s1. The van der Waals surface area contributed by atoms with Crippen molar-refractivity contribution in [2.75, 3.05) is 36.7 Å². The van der Waals surface area contributed by atoms with E-state index in [9.17, 15) is 0 Å². The highest BCUT2D eigenvalue weighted by molar-refractivity contribution is 7.99. The molecular formula is C19H26N8OS. The summed E-state index contributed by atoms with van der Waals surface area (Å²) in [5, 5.41) is 8.41. The molecule has 9 nitrogen and oxygen atoms in total. The summed E-state index contributed by atoms with van der Waals surface area (Å²) in [4.78, 5) is 19.6. The van der Waals surface area contributed by atoms with Crippen molar-refractivity contribution in [3.63, 3.8) is 0 Å². The summed E-state index contributed by atoms with van der Waals surface area (Å²) in [5.74, 6) is 3.10. The lowest BCUT2D eigenvalue weighted by atomic mass is 10.3. The van der Waals surface area contributed by atoms with E-state index in [-0.39, 0.29) is 6.04 Å². The zero-order valence-corrected chi connectivity index (χ0v) is 17.9. The number of anilines is 2. The highest BCUT2D eigenvalue weighted by atomic mass is 32.2. The lowest BCUT2D eigenvalue weighted by molar-refractivity contribution is 0.344. The summed E-state index contributed by atoms with van der Waals surface area (Å²) in [6.45, 7) is 4.76. The molecule has 3 rings (SSSR count). The molecule has 0 fully saturated rings. The second-order valence-electron chi connectivity index (χ2n) is 6.59. The maximum absolute atomic E-state index is 5.69. The zero-order valence-electron chi connectivity index (χ0n) is 17.1. The van der Waals surface area contributed by atoms with Gasteiger partial charge in [0, 0.05) is 25.9 Å². The van der Waals surface area contributed by atoms with Crippen LogP contribution in [0.4, 0.5) is 11.9 Å². The van der Waals surface area contributed by atoms with E-state index in [1.54, 1.807) is 11.0 Å². The molecule has 3 aromatic rings. The van der Waals surface area contributed by atoms with E-state index >= 15 is 0 Å². The number of nitrogens with zero attached hydrogens (tertiary/aromatic N) is 7. The Morgan fingerprint density at radius 2 is 1.97 bits per heavy atom. The summed E-state index contributed by atoms with van der Waals surface area (Å²) in [5.41, 5.74) is 0. The number of nitrogens with one attached hydrogen (secondary N) is 1. The molecule has 1 atom stereocenters. The minimum Gasteiger partial charge on any atom is -0.493 e. The second-order valence-corrected chi connectivity index (χ2v) is 7.65.